The van der Waals surface area contributed by atoms with Gasteiger partial charge in [0, 0.05) is 5.69 Å². The maximum absolute atomic E-state index is 12.7. The summed E-state index contributed by atoms with van der Waals surface area (Å²) in [6, 6.07) is 2.55. The second-order valence-electron chi connectivity index (χ2n) is 5.00. The number of aryl methyl sites for hydroxylation is 1. The molecule has 0 atom stereocenters. The van der Waals surface area contributed by atoms with Crippen molar-refractivity contribution in [3.63, 3.8) is 0 Å². The molecular formula is C12H16F3N. The number of alkyl halides is 3. The van der Waals surface area contributed by atoms with E-state index in [4.69, 9.17) is 5.73 Å². The molecule has 4 heteroatoms. The molecule has 0 aromatic heterocycles. The molecule has 1 aromatic rings. The van der Waals surface area contributed by atoms with Crippen LogP contribution >= 0.6 is 0 Å². The highest BCUT2D eigenvalue weighted by Gasteiger charge is 2.34. The molecule has 0 saturated heterocycles. The van der Waals surface area contributed by atoms with Gasteiger partial charge in [0.1, 0.15) is 0 Å². The number of benzene rings is 1. The predicted molar refractivity (Wildman–Crippen MR) is 59.3 cm³/mol. The van der Waals surface area contributed by atoms with Crippen LogP contribution in [0.1, 0.15) is 37.5 Å². The van der Waals surface area contributed by atoms with Gasteiger partial charge in [-0.1, -0.05) is 20.8 Å². The summed E-state index contributed by atoms with van der Waals surface area (Å²) in [5.41, 5.74) is 5.59. The van der Waals surface area contributed by atoms with Crippen LogP contribution in [0.3, 0.4) is 0 Å². The topological polar surface area (TPSA) is 26.0 Å². The number of halogens is 3. The first-order valence-corrected chi connectivity index (χ1v) is 5.01. The molecule has 0 amide bonds. The molecule has 0 aliphatic rings. The van der Waals surface area contributed by atoms with Gasteiger partial charge < -0.3 is 5.73 Å². The van der Waals surface area contributed by atoms with E-state index in [0.717, 1.165) is 11.6 Å². The van der Waals surface area contributed by atoms with Crippen LogP contribution in [0, 0.1) is 6.92 Å². The molecule has 0 spiro atoms. The van der Waals surface area contributed by atoms with E-state index < -0.39 is 11.7 Å². The summed E-state index contributed by atoms with van der Waals surface area (Å²) in [7, 11) is 0. The highest BCUT2D eigenvalue weighted by atomic mass is 19.4. The van der Waals surface area contributed by atoms with Crippen molar-refractivity contribution >= 4 is 5.69 Å². The highest BCUT2D eigenvalue weighted by molar-refractivity contribution is 5.54. The monoisotopic (exact) mass is 231 g/mol. The van der Waals surface area contributed by atoms with Crippen molar-refractivity contribution < 1.29 is 13.2 Å². The molecule has 0 radical (unpaired) electrons. The van der Waals surface area contributed by atoms with Crippen LogP contribution in [0.2, 0.25) is 0 Å². The van der Waals surface area contributed by atoms with Crippen LogP contribution in [0.5, 0.6) is 0 Å². The van der Waals surface area contributed by atoms with Gasteiger partial charge >= 0.3 is 6.18 Å². The maximum atomic E-state index is 12.7. The zero-order valence-electron chi connectivity index (χ0n) is 9.87. The lowest BCUT2D eigenvalue weighted by molar-refractivity contribution is -0.137. The van der Waals surface area contributed by atoms with Gasteiger partial charge in [-0.05, 0) is 35.6 Å². The van der Waals surface area contributed by atoms with Gasteiger partial charge in [-0.3, -0.25) is 0 Å². The summed E-state index contributed by atoms with van der Waals surface area (Å²) >= 11 is 0. The van der Waals surface area contributed by atoms with Crippen LogP contribution in [0.25, 0.3) is 0 Å². The Kier molecular flexibility index (Phi) is 2.96. The molecule has 1 aromatic carbocycles. The average molecular weight is 231 g/mol. The number of hydrogen-bond donors (Lipinski definition) is 1. The second kappa shape index (κ2) is 3.68. The number of hydrogen-bond acceptors (Lipinski definition) is 1. The van der Waals surface area contributed by atoms with E-state index in [1.54, 1.807) is 6.92 Å². The van der Waals surface area contributed by atoms with E-state index in [1.165, 1.54) is 6.07 Å². The molecule has 2 N–H and O–H groups in total. The van der Waals surface area contributed by atoms with Gasteiger partial charge in [0.05, 0.1) is 5.56 Å². The molecule has 0 heterocycles. The van der Waals surface area contributed by atoms with E-state index in [1.807, 2.05) is 20.8 Å². The van der Waals surface area contributed by atoms with Crippen molar-refractivity contribution in [1.29, 1.82) is 0 Å². The quantitative estimate of drug-likeness (QED) is 0.673. The Balaban J connectivity index is 3.45. The predicted octanol–water partition coefficient (Wildman–Crippen LogP) is 3.89. The summed E-state index contributed by atoms with van der Waals surface area (Å²) in [6.45, 7) is 7.42. The summed E-state index contributed by atoms with van der Waals surface area (Å²) in [6.07, 6.45) is -4.39. The minimum atomic E-state index is -4.39. The average Bonchev–Trinajstić information content (AvgIpc) is 1.97. The van der Waals surface area contributed by atoms with Gasteiger partial charge in [-0.2, -0.15) is 13.2 Å². The van der Waals surface area contributed by atoms with Crippen molar-refractivity contribution in [2.75, 3.05) is 5.73 Å². The Labute approximate surface area is 93.5 Å². The van der Waals surface area contributed by atoms with Crippen LogP contribution in [-0.2, 0) is 11.6 Å². The molecule has 90 valence electrons. The minimum Gasteiger partial charge on any atom is -0.398 e. The normalized spacial score (nSPS) is 12.9. The van der Waals surface area contributed by atoms with Gasteiger partial charge in [0.15, 0.2) is 0 Å². The van der Waals surface area contributed by atoms with Gasteiger partial charge in [-0.15, -0.1) is 0 Å². The van der Waals surface area contributed by atoms with Crippen molar-refractivity contribution in [3.05, 3.63) is 28.8 Å². The summed E-state index contributed by atoms with van der Waals surface area (Å²) in [4.78, 5) is 0. The SMILES string of the molecule is Cc1cc(N)c(C(F)(F)F)cc1C(C)(C)C. The van der Waals surface area contributed by atoms with E-state index in [0.29, 0.717) is 5.56 Å². The van der Waals surface area contributed by atoms with Crippen LogP contribution < -0.4 is 5.73 Å². The fourth-order valence-electron chi connectivity index (χ4n) is 1.78. The van der Waals surface area contributed by atoms with Crippen molar-refractivity contribution in [2.24, 2.45) is 0 Å². The van der Waals surface area contributed by atoms with Crippen LogP contribution in [0.4, 0.5) is 18.9 Å². The van der Waals surface area contributed by atoms with Gasteiger partial charge in [-0.25, -0.2) is 0 Å². The maximum Gasteiger partial charge on any atom is 0.418 e. The molecular weight excluding hydrogens is 215 g/mol. The lowest BCUT2D eigenvalue weighted by Crippen LogP contribution is -2.17. The van der Waals surface area contributed by atoms with E-state index in [-0.39, 0.29) is 11.1 Å². The largest absolute Gasteiger partial charge is 0.418 e. The molecule has 0 fully saturated rings. The fourth-order valence-corrected chi connectivity index (χ4v) is 1.78. The Morgan fingerprint density at radius 1 is 1.00 bits per heavy atom. The molecule has 16 heavy (non-hydrogen) atoms. The number of nitrogens with two attached hydrogens (primary N) is 1. The van der Waals surface area contributed by atoms with Crippen molar-refractivity contribution in [1.82, 2.24) is 0 Å². The molecule has 0 aliphatic carbocycles. The molecule has 1 nitrogen and oxygen atoms in total. The Bertz CT molecular complexity index is 365. The summed E-state index contributed by atoms with van der Waals surface area (Å²) < 4.78 is 38.0. The molecule has 0 aliphatic heterocycles. The third-order valence-corrected chi connectivity index (χ3v) is 2.51. The molecule has 0 bridgehead atoms. The van der Waals surface area contributed by atoms with E-state index >= 15 is 0 Å². The number of anilines is 1. The minimum absolute atomic E-state index is 0.210. The van der Waals surface area contributed by atoms with Crippen molar-refractivity contribution in [2.45, 2.75) is 39.3 Å². The standard InChI is InChI=1S/C12H16F3N/c1-7-5-10(16)9(12(13,14)15)6-8(7)11(2,3)4/h5-6H,16H2,1-4H3. The molecule has 1 rings (SSSR count). The third-order valence-electron chi connectivity index (χ3n) is 2.51. The Morgan fingerprint density at radius 3 is 1.88 bits per heavy atom. The van der Waals surface area contributed by atoms with E-state index in [2.05, 4.69) is 0 Å². The summed E-state index contributed by atoms with van der Waals surface area (Å²) in [5, 5.41) is 0. The summed E-state index contributed by atoms with van der Waals surface area (Å²) in [5.74, 6) is 0. The molecule has 0 unspecified atom stereocenters. The Morgan fingerprint density at radius 2 is 1.50 bits per heavy atom. The van der Waals surface area contributed by atoms with Crippen LogP contribution in [-0.4, -0.2) is 0 Å². The van der Waals surface area contributed by atoms with E-state index in [9.17, 15) is 13.2 Å². The third kappa shape index (κ3) is 2.49. The zero-order chi connectivity index (χ0) is 12.7. The lowest BCUT2D eigenvalue weighted by atomic mass is 9.83. The fraction of sp³-hybridized carbons (Fsp3) is 0.500. The number of nitrogen functional groups attached to an aromatic ring is 1. The Hall–Kier alpha value is -1.19. The highest BCUT2D eigenvalue weighted by Crippen LogP contribution is 2.37. The first-order valence-electron chi connectivity index (χ1n) is 5.01. The second-order valence-corrected chi connectivity index (χ2v) is 5.00. The molecule has 0 saturated carbocycles. The van der Waals surface area contributed by atoms with Gasteiger partial charge in [0.2, 0.25) is 0 Å². The zero-order valence-corrected chi connectivity index (χ0v) is 9.87. The first kappa shape index (κ1) is 12.9. The lowest BCUT2D eigenvalue weighted by Gasteiger charge is -2.24. The first-order chi connectivity index (χ1) is 7.03. The number of rotatable bonds is 0. The van der Waals surface area contributed by atoms with Gasteiger partial charge in [0.25, 0.3) is 0 Å². The smallest absolute Gasteiger partial charge is 0.398 e. The van der Waals surface area contributed by atoms with Crippen molar-refractivity contribution in [3.8, 4) is 0 Å². The van der Waals surface area contributed by atoms with Crippen LogP contribution in [0.15, 0.2) is 12.1 Å².